The quantitative estimate of drug-likeness (QED) is 0.0196. The molecule has 0 saturated heterocycles. The molecule has 0 aliphatic carbocycles. The zero-order valence-corrected chi connectivity index (χ0v) is 40.7. The van der Waals surface area contributed by atoms with Crippen LogP contribution in [0, 0.1) is 0 Å². The van der Waals surface area contributed by atoms with Gasteiger partial charge in [-0.25, -0.2) is 0 Å². The van der Waals surface area contributed by atoms with Crippen LogP contribution in [0.2, 0.25) is 0 Å². The van der Waals surface area contributed by atoms with Gasteiger partial charge in [0.1, 0.15) is 19.8 Å². The molecule has 0 aromatic rings. The van der Waals surface area contributed by atoms with Crippen LogP contribution in [0.5, 0.6) is 0 Å². The van der Waals surface area contributed by atoms with Crippen molar-refractivity contribution < 1.29 is 42.1 Å². The highest BCUT2D eigenvalue weighted by atomic mass is 31.2. The van der Waals surface area contributed by atoms with Crippen LogP contribution in [0.25, 0.3) is 0 Å². The standard InChI is InChI=1S/C52H88NO8P/c1-6-8-10-12-14-16-18-20-22-24-25-26-27-29-31-33-35-37-39-41-43-45-52(55)61-50(49-60-62(56,57)59-47-46-53(3,4)5)48-58-51(54)44-42-40-38-36-34-32-30-28-23-21-19-17-15-13-11-9-7-2/h8,10,14-17,20-23,25-26,29,31,35,37,50H,6-7,9,11-13,18-19,24,27-28,30,32-34,36,38-49H2,1-5H3/b10-8-,16-14-,17-15-,22-20-,23-21-,26-25-,31-29-,37-35-. The smallest absolute Gasteiger partial charge is 0.306 e. The monoisotopic (exact) mass is 886 g/mol. The minimum atomic E-state index is -4.65. The number of allylic oxidation sites excluding steroid dienone is 16. The first-order chi connectivity index (χ1) is 30.0. The Morgan fingerprint density at radius 1 is 0.516 bits per heavy atom. The summed E-state index contributed by atoms with van der Waals surface area (Å²) in [6, 6.07) is 0. The largest absolute Gasteiger partial charge is 0.756 e. The van der Waals surface area contributed by atoms with E-state index in [1.807, 2.05) is 21.1 Å². The molecular formula is C52H88NO8P. The molecule has 0 aliphatic rings. The highest BCUT2D eigenvalue weighted by molar-refractivity contribution is 7.45. The Hall–Kier alpha value is -3.07. The van der Waals surface area contributed by atoms with E-state index in [4.69, 9.17) is 18.5 Å². The SMILES string of the molecule is CC/C=C\C/C=C\C/C=C\C/C=C\C/C=C\C/C=C\CCCCC(=O)OC(COC(=O)CCCCCCCCC/C=C\C/C=C\CCCCC)COP(=O)([O-])OCC[N+](C)(C)C. The van der Waals surface area contributed by atoms with Crippen LogP contribution < -0.4 is 4.89 Å². The molecule has 0 saturated carbocycles. The molecule has 0 radical (unpaired) electrons. The van der Waals surface area contributed by atoms with Crippen LogP contribution in [0.1, 0.15) is 168 Å². The van der Waals surface area contributed by atoms with Crippen molar-refractivity contribution in [1.82, 2.24) is 0 Å². The molecule has 0 amide bonds. The highest BCUT2D eigenvalue weighted by Crippen LogP contribution is 2.38. The minimum Gasteiger partial charge on any atom is -0.756 e. The Morgan fingerprint density at radius 2 is 0.919 bits per heavy atom. The van der Waals surface area contributed by atoms with E-state index < -0.39 is 32.5 Å². The summed E-state index contributed by atoms with van der Waals surface area (Å²) in [4.78, 5) is 37.6. The lowest BCUT2D eigenvalue weighted by Crippen LogP contribution is -2.37. The molecule has 0 spiro atoms. The second-order valence-electron chi connectivity index (χ2n) is 16.7. The third-order valence-corrected chi connectivity index (χ3v) is 10.6. The Morgan fingerprint density at radius 3 is 1.40 bits per heavy atom. The second-order valence-corrected chi connectivity index (χ2v) is 18.1. The van der Waals surface area contributed by atoms with Gasteiger partial charge < -0.3 is 27.9 Å². The summed E-state index contributed by atoms with van der Waals surface area (Å²) in [6.45, 7) is 4.01. The molecule has 10 heteroatoms. The van der Waals surface area contributed by atoms with Crippen molar-refractivity contribution in [2.75, 3.05) is 47.5 Å². The summed E-state index contributed by atoms with van der Waals surface area (Å²) >= 11 is 0. The lowest BCUT2D eigenvalue weighted by Gasteiger charge is -2.28. The lowest BCUT2D eigenvalue weighted by molar-refractivity contribution is -0.870. The average Bonchev–Trinajstić information content (AvgIpc) is 3.23. The van der Waals surface area contributed by atoms with E-state index in [0.29, 0.717) is 23.9 Å². The Labute approximate surface area is 379 Å². The molecule has 62 heavy (non-hydrogen) atoms. The van der Waals surface area contributed by atoms with Gasteiger partial charge in [0.15, 0.2) is 6.10 Å². The highest BCUT2D eigenvalue weighted by Gasteiger charge is 2.21. The third-order valence-electron chi connectivity index (χ3n) is 9.59. The van der Waals surface area contributed by atoms with Gasteiger partial charge in [0.05, 0.1) is 27.7 Å². The zero-order valence-electron chi connectivity index (χ0n) is 39.8. The molecule has 0 N–H and O–H groups in total. The number of hydrogen-bond acceptors (Lipinski definition) is 8. The van der Waals surface area contributed by atoms with Gasteiger partial charge in [0.25, 0.3) is 7.82 Å². The number of carbonyl (C=O) groups excluding carboxylic acids is 2. The van der Waals surface area contributed by atoms with Gasteiger partial charge in [0.2, 0.25) is 0 Å². The summed E-state index contributed by atoms with van der Waals surface area (Å²) in [5.74, 6) is -0.903. The Balaban J connectivity index is 4.43. The number of unbranched alkanes of at least 4 members (excludes halogenated alkanes) is 12. The van der Waals surface area contributed by atoms with Gasteiger partial charge in [-0.2, -0.15) is 0 Å². The van der Waals surface area contributed by atoms with Crippen LogP contribution in [0.15, 0.2) is 97.2 Å². The maximum absolute atomic E-state index is 12.7. The van der Waals surface area contributed by atoms with E-state index in [-0.39, 0.29) is 26.1 Å². The molecule has 354 valence electrons. The van der Waals surface area contributed by atoms with Crippen molar-refractivity contribution in [3.05, 3.63) is 97.2 Å². The van der Waals surface area contributed by atoms with E-state index in [1.54, 1.807) is 0 Å². The van der Waals surface area contributed by atoms with Gasteiger partial charge in [-0.3, -0.25) is 14.2 Å². The maximum atomic E-state index is 12.7. The molecule has 0 fully saturated rings. The summed E-state index contributed by atoms with van der Waals surface area (Å²) in [7, 11) is 1.11. The number of phosphoric ester groups is 1. The van der Waals surface area contributed by atoms with Crippen LogP contribution in [0.3, 0.4) is 0 Å². The van der Waals surface area contributed by atoms with E-state index in [1.165, 1.54) is 44.9 Å². The van der Waals surface area contributed by atoms with Gasteiger partial charge in [-0.05, 0) is 96.3 Å². The number of quaternary nitrogens is 1. The zero-order chi connectivity index (χ0) is 45.7. The molecule has 9 nitrogen and oxygen atoms in total. The van der Waals surface area contributed by atoms with Crippen molar-refractivity contribution in [3.8, 4) is 0 Å². The summed E-state index contributed by atoms with van der Waals surface area (Å²) in [5, 5.41) is 0. The number of rotatable bonds is 42. The number of carbonyl (C=O) groups is 2. The molecule has 2 unspecified atom stereocenters. The third kappa shape index (κ3) is 46.4. The molecule has 0 aromatic heterocycles. The second kappa shape index (κ2) is 43.2. The lowest BCUT2D eigenvalue weighted by atomic mass is 10.1. The van der Waals surface area contributed by atoms with E-state index in [9.17, 15) is 19.0 Å². The topological polar surface area (TPSA) is 111 Å². The van der Waals surface area contributed by atoms with Crippen molar-refractivity contribution in [3.63, 3.8) is 0 Å². The first kappa shape index (κ1) is 58.9. The van der Waals surface area contributed by atoms with Crippen LogP contribution >= 0.6 is 7.82 Å². The van der Waals surface area contributed by atoms with Crippen molar-refractivity contribution in [2.24, 2.45) is 0 Å². The molecular weight excluding hydrogens is 798 g/mol. The predicted octanol–water partition coefficient (Wildman–Crippen LogP) is 13.5. The number of phosphoric acid groups is 1. The maximum Gasteiger partial charge on any atom is 0.306 e. The fourth-order valence-electron chi connectivity index (χ4n) is 5.86. The van der Waals surface area contributed by atoms with Crippen LogP contribution in [0.4, 0.5) is 0 Å². The summed E-state index contributed by atoms with van der Waals surface area (Å²) in [5.41, 5.74) is 0. The van der Waals surface area contributed by atoms with E-state index >= 15 is 0 Å². The fourth-order valence-corrected chi connectivity index (χ4v) is 6.59. The number of nitrogens with zero attached hydrogens (tertiary/aromatic N) is 1. The normalized spacial score (nSPS) is 14.4. The first-order valence-electron chi connectivity index (χ1n) is 23.9. The number of ether oxygens (including phenoxy) is 2. The fraction of sp³-hybridized carbons (Fsp3) is 0.654. The Bertz CT molecular complexity index is 1370. The van der Waals surface area contributed by atoms with E-state index in [2.05, 4.69) is 111 Å². The predicted molar refractivity (Wildman–Crippen MR) is 259 cm³/mol. The molecule has 2 atom stereocenters. The number of hydrogen-bond donors (Lipinski definition) is 0. The van der Waals surface area contributed by atoms with Crippen LogP contribution in [-0.4, -0.2) is 70.0 Å². The molecule has 0 aliphatic heterocycles. The van der Waals surface area contributed by atoms with Crippen LogP contribution in [-0.2, 0) is 32.7 Å². The van der Waals surface area contributed by atoms with E-state index in [0.717, 1.165) is 83.5 Å². The van der Waals surface area contributed by atoms with Crippen molar-refractivity contribution >= 4 is 19.8 Å². The molecule has 0 aromatic carbocycles. The first-order valence-corrected chi connectivity index (χ1v) is 25.4. The van der Waals surface area contributed by atoms with Crippen molar-refractivity contribution in [2.45, 2.75) is 174 Å². The van der Waals surface area contributed by atoms with Gasteiger partial charge >= 0.3 is 11.9 Å². The summed E-state index contributed by atoms with van der Waals surface area (Å²) in [6.07, 6.45) is 57.2. The molecule has 0 heterocycles. The minimum absolute atomic E-state index is 0.0464. The van der Waals surface area contributed by atoms with Gasteiger partial charge in [0, 0.05) is 12.8 Å². The van der Waals surface area contributed by atoms with Crippen molar-refractivity contribution in [1.29, 1.82) is 0 Å². The average molecular weight is 886 g/mol. The molecule has 0 rings (SSSR count). The number of likely N-dealkylation sites (N-methyl/N-ethyl adjacent to an activating group) is 1. The van der Waals surface area contributed by atoms with Gasteiger partial charge in [-0.1, -0.05) is 156 Å². The summed E-state index contributed by atoms with van der Waals surface area (Å²) < 4.78 is 33.9. The Kier molecular flexibility index (Phi) is 41.1. The van der Waals surface area contributed by atoms with Gasteiger partial charge in [-0.15, -0.1) is 0 Å². The molecule has 0 bridgehead atoms. The number of esters is 2.